The van der Waals surface area contributed by atoms with Gasteiger partial charge >= 0.3 is 6.36 Å². The van der Waals surface area contributed by atoms with Crippen molar-refractivity contribution in [3.8, 4) is 5.75 Å². The van der Waals surface area contributed by atoms with E-state index in [9.17, 15) is 21.6 Å². The highest BCUT2D eigenvalue weighted by atomic mass is 32.2. The largest absolute Gasteiger partial charge is 0.573 e. The summed E-state index contributed by atoms with van der Waals surface area (Å²) in [6, 6.07) is 4.06. The van der Waals surface area contributed by atoms with Gasteiger partial charge in [0.1, 0.15) is 10.6 Å². The maximum Gasteiger partial charge on any atom is 0.573 e. The smallest absolute Gasteiger partial charge is 0.404 e. The van der Waals surface area contributed by atoms with Crippen molar-refractivity contribution >= 4 is 10.0 Å². The van der Waals surface area contributed by atoms with Crippen molar-refractivity contribution < 1.29 is 31.1 Å². The lowest BCUT2D eigenvalue weighted by molar-refractivity contribution is -0.275. The lowest BCUT2D eigenvalue weighted by Crippen LogP contribution is -2.41. The van der Waals surface area contributed by atoms with Gasteiger partial charge < -0.3 is 9.47 Å². The minimum Gasteiger partial charge on any atom is -0.404 e. The van der Waals surface area contributed by atoms with Crippen molar-refractivity contribution in [1.82, 2.24) is 4.72 Å². The molecule has 1 saturated heterocycles. The van der Waals surface area contributed by atoms with Crippen molar-refractivity contribution in [2.45, 2.75) is 43.2 Å². The maximum atomic E-state index is 12.4. The SMILES string of the molecule is C[C@H](NS(=O)(=O)c1ccccc1OC(F)(F)F)[C@@H]1CCCO1. The van der Waals surface area contributed by atoms with Gasteiger partial charge in [0.25, 0.3) is 0 Å². The zero-order valence-corrected chi connectivity index (χ0v) is 12.6. The van der Waals surface area contributed by atoms with Gasteiger partial charge in [-0.2, -0.15) is 0 Å². The molecule has 1 fully saturated rings. The standard InChI is InChI=1S/C13H16F3NO4S/c1-9(10-6-4-8-20-10)17-22(18,19)12-7-3-2-5-11(12)21-13(14,15)16/h2-3,5,7,9-10,17H,4,6,8H2,1H3/t9-,10-/m0/s1. The van der Waals surface area contributed by atoms with Crippen LogP contribution in [-0.2, 0) is 14.8 Å². The number of nitrogens with one attached hydrogen (secondary N) is 1. The van der Waals surface area contributed by atoms with Crippen LogP contribution in [0.4, 0.5) is 13.2 Å². The first-order chi connectivity index (χ1) is 10.2. The van der Waals surface area contributed by atoms with E-state index in [1.165, 1.54) is 12.1 Å². The Morgan fingerprint density at radius 3 is 2.64 bits per heavy atom. The highest BCUT2D eigenvalue weighted by Crippen LogP contribution is 2.29. The molecule has 9 heteroatoms. The lowest BCUT2D eigenvalue weighted by Gasteiger charge is -2.21. The molecule has 0 radical (unpaired) electrons. The van der Waals surface area contributed by atoms with Gasteiger partial charge in [-0.05, 0) is 31.9 Å². The highest BCUT2D eigenvalue weighted by Gasteiger charge is 2.35. The van der Waals surface area contributed by atoms with Crippen LogP contribution in [0.15, 0.2) is 29.2 Å². The number of rotatable bonds is 5. The van der Waals surface area contributed by atoms with E-state index in [4.69, 9.17) is 4.74 Å². The van der Waals surface area contributed by atoms with E-state index in [-0.39, 0.29) is 6.10 Å². The van der Waals surface area contributed by atoms with Gasteiger partial charge in [0.05, 0.1) is 6.10 Å². The van der Waals surface area contributed by atoms with Gasteiger partial charge in [0, 0.05) is 12.6 Å². The second kappa shape index (κ2) is 6.43. The number of benzene rings is 1. The Labute approximate surface area is 126 Å². The van der Waals surface area contributed by atoms with E-state index in [1.807, 2.05) is 0 Å². The van der Waals surface area contributed by atoms with Crippen LogP contribution >= 0.6 is 0 Å². The number of ether oxygens (including phenoxy) is 2. The molecule has 0 bridgehead atoms. The Balaban J connectivity index is 2.21. The molecule has 2 rings (SSSR count). The van der Waals surface area contributed by atoms with Crippen LogP contribution in [0, 0.1) is 0 Å². The Morgan fingerprint density at radius 2 is 2.05 bits per heavy atom. The van der Waals surface area contributed by atoms with Gasteiger partial charge in [-0.25, -0.2) is 13.1 Å². The third-order valence-corrected chi connectivity index (χ3v) is 4.83. The molecule has 1 aliphatic rings. The summed E-state index contributed by atoms with van der Waals surface area (Å²) in [5.41, 5.74) is 0. The van der Waals surface area contributed by atoms with Gasteiger partial charge in [0.15, 0.2) is 0 Å². The fourth-order valence-electron chi connectivity index (χ4n) is 2.26. The first-order valence-corrected chi connectivity index (χ1v) is 8.16. The molecule has 0 amide bonds. The minimum atomic E-state index is -4.97. The zero-order valence-electron chi connectivity index (χ0n) is 11.8. The molecule has 5 nitrogen and oxygen atoms in total. The molecule has 124 valence electrons. The summed E-state index contributed by atoms with van der Waals surface area (Å²) in [6.45, 7) is 2.16. The van der Waals surface area contributed by atoms with E-state index < -0.39 is 33.1 Å². The monoisotopic (exact) mass is 339 g/mol. The number of para-hydroxylation sites is 1. The van der Waals surface area contributed by atoms with Crippen molar-refractivity contribution in [1.29, 1.82) is 0 Å². The molecule has 1 aliphatic heterocycles. The first kappa shape index (κ1) is 17.0. The van der Waals surface area contributed by atoms with E-state index in [1.54, 1.807) is 6.92 Å². The molecule has 0 aromatic heterocycles. The van der Waals surface area contributed by atoms with Crippen LogP contribution in [0.2, 0.25) is 0 Å². The second-order valence-corrected chi connectivity index (χ2v) is 6.64. The number of halogens is 3. The van der Waals surface area contributed by atoms with Crippen LogP contribution in [0.5, 0.6) is 5.75 Å². The van der Waals surface area contributed by atoms with E-state index in [2.05, 4.69) is 9.46 Å². The summed E-state index contributed by atoms with van der Waals surface area (Å²) in [5.74, 6) is -0.762. The topological polar surface area (TPSA) is 64.6 Å². The summed E-state index contributed by atoms with van der Waals surface area (Å²) < 4.78 is 73.2. The fourth-order valence-corrected chi connectivity index (χ4v) is 3.66. The molecule has 0 unspecified atom stereocenters. The summed E-state index contributed by atoms with van der Waals surface area (Å²) in [4.78, 5) is -0.558. The van der Waals surface area contributed by atoms with Crippen molar-refractivity contribution in [3.05, 3.63) is 24.3 Å². The molecule has 1 N–H and O–H groups in total. The van der Waals surface area contributed by atoms with E-state index in [0.717, 1.165) is 18.6 Å². The van der Waals surface area contributed by atoms with Gasteiger partial charge in [-0.3, -0.25) is 0 Å². The van der Waals surface area contributed by atoms with Crippen molar-refractivity contribution in [2.75, 3.05) is 6.61 Å². The lowest BCUT2D eigenvalue weighted by atomic mass is 10.1. The molecule has 22 heavy (non-hydrogen) atoms. The summed E-state index contributed by atoms with van der Waals surface area (Å²) in [6.07, 6.45) is -3.73. The molecule has 0 saturated carbocycles. The fraction of sp³-hybridized carbons (Fsp3) is 0.538. The number of hydrogen-bond acceptors (Lipinski definition) is 4. The molecule has 1 aromatic rings. The summed E-state index contributed by atoms with van der Waals surface area (Å²) in [5, 5.41) is 0. The number of sulfonamides is 1. The Bertz CT molecular complexity index is 612. The third kappa shape index (κ3) is 4.34. The predicted molar refractivity (Wildman–Crippen MR) is 71.9 cm³/mol. The molecular weight excluding hydrogens is 323 g/mol. The predicted octanol–water partition coefficient (Wildman–Crippen LogP) is 2.43. The average Bonchev–Trinajstić information content (AvgIpc) is 2.90. The molecule has 1 aromatic carbocycles. The highest BCUT2D eigenvalue weighted by molar-refractivity contribution is 7.89. The molecule has 2 atom stereocenters. The number of alkyl halides is 3. The molecule has 0 spiro atoms. The van der Waals surface area contributed by atoms with Crippen LogP contribution in [-0.4, -0.2) is 33.5 Å². The van der Waals surface area contributed by atoms with E-state index >= 15 is 0 Å². The normalized spacial score (nSPS) is 20.8. The Hall–Kier alpha value is -1.32. The first-order valence-electron chi connectivity index (χ1n) is 6.68. The van der Waals surface area contributed by atoms with Crippen molar-refractivity contribution in [2.24, 2.45) is 0 Å². The van der Waals surface area contributed by atoms with Crippen LogP contribution in [0.1, 0.15) is 19.8 Å². The van der Waals surface area contributed by atoms with Crippen LogP contribution in [0.3, 0.4) is 0 Å². The summed E-state index contributed by atoms with van der Waals surface area (Å²) >= 11 is 0. The third-order valence-electron chi connectivity index (χ3n) is 3.23. The van der Waals surface area contributed by atoms with Crippen LogP contribution < -0.4 is 9.46 Å². The number of hydrogen-bond donors (Lipinski definition) is 1. The van der Waals surface area contributed by atoms with Gasteiger partial charge in [-0.1, -0.05) is 12.1 Å². The zero-order chi connectivity index (χ0) is 16.4. The van der Waals surface area contributed by atoms with Crippen LogP contribution in [0.25, 0.3) is 0 Å². The second-order valence-electron chi connectivity index (χ2n) is 4.96. The molecule has 1 heterocycles. The molecule has 0 aliphatic carbocycles. The van der Waals surface area contributed by atoms with E-state index in [0.29, 0.717) is 13.0 Å². The average molecular weight is 339 g/mol. The Morgan fingerprint density at radius 1 is 1.36 bits per heavy atom. The Kier molecular flexibility index (Phi) is 4.98. The van der Waals surface area contributed by atoms with Gasteiger partial charge in [0.2, 0.25) is 10.0 Å². The van der Waals surface area contributed by atoms with Gasteiger partial charge in [-0.15, -0.1) is 13.2 Å². The summed E-state index contributed by atoms with van der Waals surface area (Å²) in [7, 11) is -4.15. The minimum absolute atomic E-state index is 0.287. The molecular formula is C13H16F3NO4S. The quantitative estimate of drug-likeness (QED) is 0.895. The maximum absolute atomic E-state index is 12.4. The van der Waals surface area contributed by atoms with Crippen molar-refractivity contribution in [3.63, 3.8) is 0 Å².